The largest absolute Gasteiger partial charge is 0.496 e. The SMILES string of the molecule is COc1ccccc1CN(CCN1CCOCC1)C(=S)NCc1ccc2c(c1)OCO2. The maximum absolute atomic E-state index is 5.79. The molecule has 2 aliphatic rings. The summed E-state index contributed by atoms with van der Waals surface area (Å²) in [6, 6.07) is 14.0. The average Bonchev–Trinajstić information content (AvgIpc) is 3.29. The zero-order valence-electron chi connectivity index (χ0n) is 17.8. The molecule has 1 fully saturated rings. The Morgan fingerprint density at radius 3 is 2.77 bits per heavy atom. The second-order valence-electron chi connectivity index (χ2n) is 7.53. The van der Waals surface area contributed by atoms with Crippen molar-refractivity contribution in [3.05, 3.63) is 53.6 Å². The molecule has 2 aromatic carbocycles. The lowest BCUT2D eigenvalue weighted by Crippen LogP contribution is -2.45. The standard InChI is InChI=1S/C23H29N3O4S/c1-27-20-5-3-2-4-19(20)16-26(9-8-25-10-12-28-13-11-25)23(31)24-15-18-6-7-21-22(14-18)30-17-29-21/h2-7,14H,8-13,15-17H2,1H3,(H,24,31). The maximum Gasteiger partial charge on any atom is 0.231 e. The van der Waals surface area contributed by atoms with Crippen LogP contribution in [0.4, 0.5) is 0 Å². The van der Waals surface area contributed by atoms with E-state index in [2.05, 4.69) is 21.2 Å². The fourth-order valence-corrected chi connectivity index (χ4v) is 3.95. The van der Waals surface area contributed by atoms with Crippen LogP contribution in [0.15, 0.2) is 42.5 Å². The number of morpholine rings is 1. The van der Waals surface area contributed by atoms with Crippen LogP contribution in [0.1, 0.15) is 11.1 Å². The number of rotatable bonds is 8. The minimum absolute atomic E-state index is 0.277. The summed E-state index contributed by atoms with van der Waals surface area (Å²) in [5.41, 5.74) is 2.20. The smallest absolute Gasteiger partial charge is 0.231 e. The molecule has 0 spiro atoms. The van der Waals surface area contributed by atoms with E-state index < -0.39 is 0 Å². The van der Waals surface area contributed by atoms with Gasteiger partial charge in [0, 0.05) is 44.8 Å². The van der Waals surface area contributed by atoms with Gasteiger partial charge in [0.05, 0.1) is 20.3 Å². The normalized spacial score (nSPS) is 15.5. The Labute approximate surface area is 188 Å². The van der Waals surface area contributed by atoms with Crippen LogP contribution in [0.25, 0.3) is 0 Å². The number of hydrogen-bond acceptors (Lipinski definition) is 6. The maximum atomic E-state index is 5.79. The van der Waals surface area contributed by atoms with Crippen molar-refractivity contribution in [2.75, 3.05) is 53.3 Å². The van der Waals surface area contributed by atoms with Crippen molar-refractivity contribution in [1.29, 1.82) is 0 Å². The van der Waals surface area contributed by atoms with Crippen molar-refractivity contribution < 1.29 is 18.9 Å². The van der Waals surface area contributed by atoms with E-state index in [1.165, 1.54) is 0 Å². The zero-order chi connectivity index (χ0) is 21.5. The van der Waals surface area contributed by atoms with Gasteiger partial charge in [-0.1, -0.05) is 24.3 Å². The van der Waals surface area contributed by atoms with Gasteiger partial charge in [0.25, 0.3) is 0 Å². The number of benzene rings is 2. The number of para-hydroxylation sites is 1. The lowest BCUT2D eigenvalue weighted by molar-refractivity contribution is 0.0357. The molecule has 8 heteroatoms. The highest BCUT2D eigenvalue weighted by Gasteiger charge is 2.17. The molecule has 0 aromatic heterocycles. The molecular formula is C23H29N3O4S. The Balaban J connectivity index is 1.40. The molecule has 0 radical (unpaired) electrons. The molecule has 0 atom stereocenters. The molecule has 2 aliphatic heterocycles. The molecule has 0 saturated carbocycles. The van der Waals surface area contributed by atoms with Gasteiger partial charge >= 0.3 is 0 Å². The van der Waals surface area contributed by atoms with Gasteiger partial charge in [-0.05, 0) is 36.0 Å². The van der Waals surface area contributed by atoms with E-state index in [1.54, 1.807) is 7.11 Å². The molecule has 4 rings (SSSR count). The van der Waals surface area contributed by atoms with Crippen LogP contribution < -0.4 is 19.5 Å². The number of thiocarbonyl (C=S) groups is 1. The third-order valence-electron chi connectivity index (χ3n) is 5.51. The quantitative estimate of drug-likeness (QED) is 0.625. The third kappa shape index (κ3) is 5.78. The number of nitrogens with one attached hydrogen (secondary N) is 1. The minimum Gasteiger partial charge on any atom is -0.496 e. The predicted octanol–water partition coefficient (Wildman–Crippen LogP) is 2.63. The van der Waals surface area contributed by atoms with Crippen molar-refractivity contribution >= 4 is 17.3 Å². The summed E-state index contributed by atoms with van der Waals surface area (Å²) in [4.78, 5) is 4.62. The van der Waals surface area contributed by atoms with E-state index in [9.17, 15) is 0 Å². The van der Waals surface area contributed by atoms with Crippen molar-refractivity contribution in [3.63, 3.8) is 0 Å². The van der Waals surface area contributed by atoms with Gasteiger partial charge in [-0.15, -0.1) is 0 Å². The highest BCUT2D eigenvalue weighted by Crippen LogP contribution is 2.32. The van der Waals surface area contributed by atoms with E-state index in [0.717, 1.165) is 72.9 Å². The third-order valence-corrected chi connectivity index (χ3v) is 5.91. The first kappa shape index (κ1) is 21.7. The lowest BCUT2D eigenvalue weighted by atomic mass is 10.2. The fourth-order valence-electron chi connectivity index (χ4n) is 3.72. The summed E-state index contributed by atoms with van der Waals surface area (Å²) in [6.07, 6.45) is 0. The van der Waals surface area contributed by atoms with Gasteiger partial charge in [0.2, 0.25) is 6.79 Å². The summed E-state index contributed by atoms with van der Waals surface area (Å²) in [7, 11) is 1.70. The molecule has 31 heavy (non-hydrogen) atoms. The van der Waals surface area contributed by atoms with Crippen LogP contribution in [0, 0.1) is 0 Å². The lowest BCUT2D eigenvalue weighted by Gasteiger charge is -2.31. The Kier molecular flexibility index (Phi) is 7.45. The van der Waals surface area contributed by atoms with Crippen molar-refractivity contribution in [2.45, 2.75) is 13.1 Å². The zero-order valence-corrected chi connectivity index (χ0v) is 18.7. The van der Waals surface area contributed by atoms with Crippen LogP contribution in [0.2, 0.25) is 0 Å². The van der Waals surface area contributed by atoms with Crippen molar-refractivity contribution in [1.82, 2.24) is 15.1 Å². The Morgan fingerprint density at radius 1 is 1.13 bits per heavy atom. The van der Waals surface area contributed by atoms with Gasteiger partial charge in [0.15, 0.2) is 16.6 Å². The molecule has 2 heterocycles. The Bertz CT molecular complexity index is 889. The summed E-state index contributed by atoms with van der Waals surface area (Å²) < 4.78 is 21.9. The molecule has 166 valence electrons. The van der Waals surface area contributed by atoms with Gasteiger partial charge in [-0.2, -0.15) is 0 Å². The number of nitrogens with zero attached hydrogens (tertiary/aromatic N) is 2. The first-order valence-electron chi connectivity index (χ1n) is 10.6. The number of methoxy groups -OCH3 is 1. The molecule has 0 aliphatic carbocycles. The second-order valence-corrected chi connectivity index (χ2v) is 7.92. The molecular weight excluding hydrogens is 414 g/mol. The first-order chi connectivity index (χ1) is 15.2. The molecule has 1 saturated heterocycles. The van der Waals surface area contributed by atoms with E-state index in [1.807, 2.05) is 36.4 Å². The predicted molar refractivity (Wildman–Crippen MR) is 123 cm³/mol. The van der Waals surface area contributed by atoms with E-state index >= 15 is 0 Å². The monoisotopic (exact) mass is 443 g/mol. The number of fused-ring (bicyclic) bond motifs is 1. The Morgan fingerprint density at radius 2 is 1.94 bits per heavy atom. The van der Waals surface area contributed by atoms with Gasteiger partial charge < -0.3 is 29.2 Å². The molecule has 0 amide bonds. The Hall–Kier alpha value is -2.55. The number of hydrogen-bond donors (Lipinski definition) is 1. The fraction of sp³-hybridized carbons (Fsp3) is 0.435. The number of ether oxygens (including phenoxy) is 4. The first-order valence-corrected chi connectivity index (χ1v) is 11.0. The van der Waals surface area contributed by atoms with Crippen molar-refractivity contribution in [2.24, 2.45) is 0 Å². The topological polar surface area (TPSA) is 55.4 Å². The van der Waals surface area contributed by atoms with Crippen molar-refractivity contribution in [3.8, 4) is 17.2 Å². The van der Waals surface area contributed by atoms with Crippen LogP contribution in [-0.2, 0) is 17.8 Å². The van der Waals surface area contributed by atoms with E-state index in [-0.39, 0.29) is 6.79 Å². The summed E-state index contributed by atoms with van der Waals surface area (Å²) >= 11 is 5.79. The van der Waals surface area contributed by atoms with Gasteiger partial charge in [0.1, 0.15) is 5.75 Å². The van der Waals surface area contributed by atoms with E-state index in [4.69, 9.17) is 31.2 Å². The van der Waals surface area contributed by atoms with Crippen LogP contribution in [0.3, 0.4) is 0 Å². The molecule has 1 N–H and O–H groups in total. The molecule has 0 unspecified atom stereocenters. The minimum atomic E-state index is 0.277. The second kappa shape index (κ2) is 10.7. The summed E-state index contributed by atoms with van der Waals surface area (Å²) in [5.74, 6) is 2.44. The summed E-state index contributed by atoms with van der Waals surface area (Å²) in [6.45, 7) is 6.84. The molecule has 0 bridgehead atoms. The van der Waals surface area contributed by atoms with Crippen LogP contribution >= 0.6 is 12.2 Å². The summed E-state index contributed by atoms with van der Waals surface area (Å²) in [5, 5.41) is 4.13. The van der Waals surface area contributed by atoms with Crippen LogP contribution in [-0.4, -0.2) is 68.2 Å². The van der Waals surface area contributed by atoms with Gasteiger partial charge in [-0.25, -0.2) is 0 Å². The highest BCUT2D eigenvalue weighted by atomic mass is 32.1. The molecule has 7 nitrogen and oxygen atoms in total. The van der Waals surface area contributed by atoms with E-state index in [0.29, 0.717) is 13.1 Å². The van der Waals surface area contributed by atoms with Gasteiger partial charge in [-0.3, -0.25) is 4.90 Å². The molecule has 2 aromatic rings. The van der Waals surface area contributed by atoms with Crippen LogP contribution in [0.5, 0.6) is 17.2 Å². The average molecular weight is 444 g/mol. The highest BCUT2D eigenvalue weighted by molar-refractivity contribution is 7.80.